The van der Waals surface area contributed by atoms with Crippen molar-refractivity contribution >= 4 is 40.5 Å². The lowest BCUT2D eigenvalue weighted by molar-refractivity contribution is -0.385. The molecule has 4 aromatic rings. The minimum atomic E-state index is -1.14. The summed E-state index contributed by atoms with van der Waals surface area (Å²) in [4.78, 5) is 42.3. The summed E-state index contributed by atoms with van der Waals surface area (Å²) in [7, 11) is 0. The first-order valence-electron chi connectivity index (χ1n) is 11.9. The number of nitro groups is 1. The molecule has 2 aliphatic rings. The Kier molecular flexibility index (Phi) is 5.92. The van der Waals surface area contributed by atoms with Crippen LogP contribution in [-0.4, -0.2) is 21.0 Å². The Labute approximate surface area is 229 Å². The molecule has 2 aliphatic heterocycles. The van der Waals surface area contributed by atoms with Crippen LogP contribution in [-0.2, 0) is 11.4 Å². The highest BCUT2D eigenvalue weighted by molar-refractivity contribution is 7.07. The second-order valence-corrected chi connectivity index (χ2v) is 10.8. The Morgan fingerprint density at radius 3 is 2.85 bits per heavy atom. The predicted octanol–water partition coefficient (Wildman–Crippen LogP) is 4.01. The molecule has 0 amide bonds. The van der Waals surface area contributed by atoms with Crippen molar-refractivity contribution in [3.05, 3.63) is 107 Å². The second kappa shape index (κ2) is 9.21. The van der Waals surface area contributed by atoms with Crippen LogP contribution < -0.4 is 24.4 Å². The number of rotatable bonds is 6. The highest BCUT2D eigenvalue weighted by Crippen LogP contribution is 2.47. The maximum Gasteiger partial charge on any atom is 0.312 e. The number of carbonyl (C=O) groups excluding carboxylic acids is 1. The Hall–Kier alpha value is -4.22. The minimum absolute atomic E-state index is 0.0549. The lowest BCUT2D eigenvalue weighted by Crippen LogP contribution is -2.58. The van der Waals surface area contributed by atoms with Gasteiger partial charge in [0.15, 0.2) is 10.6 Å². The molecule has 2 aromatic carbocycles. The maximum absolute atomic E-state index is 13.6. The molecular formula is C27H20ClN3O7S. The van der Waals surface area contributed by atoms with Gasteiger partial charge in [-0.15, -0.1) is 0 Å². The summed E-state index contributed by atoms with van der Waals surface area (Å²) in [6.45, 7) is 3.19. The molecular weight excluding hydrogens is 546 g/mol. The number of hydrogen-bond acceptors (Lipinski definition) is 9. The molecule has 0 fully saturated rings. The quantitative estimate of drug-likeness (QED) is 0.255. The number of thiazole rings is 1. The standard InChI is InChI=1S/C27H20ClN3O7S/c1-14(32)23-24-18-5-3-4-6-20(18)38-27(23,2)29-26-30(24)25(33)22(39-26)12-16-8-9-17(37-16)13-36-21-10-7-15(28)11-19(21)31(34)35/h3-12,23-24H,13H2,1-2H3/b22-12+/t23-,24-,27+/m1/s1. The predicted molar refractivity (Wildman–Crippen MR) is 142 cm³/mol. The van der Waals surface area contributed by atoms with Gasteiger partial charge in [0, 0.05) is 22.7 Å². The third kappa shape index (κ3) is 4.23. The van der Waals surface area contributed by atoms with E-state index < -0.39 is 22.6 Å². The number of nitro benzene ring substituents is 1. The van der Waals surface area contributed by atoms with E-state index in [1.807, 2.05) is 24.3 Å². The summed E-state index contributed by atoms with van der Waals surface area (Å²) in [5.41, 5.74) is -0.930. The van der Waals surface area contributed by atoms with Gasteiger partial charge in [0.2, 0.25) is 5.72 Å². The van der Waals surface area contributed by atoms with Crippen LogP contribution >= 0.6 is 22.9 Å². The van der Waals surface area contributed by atoms with Crippen LogP contribution in [0.3, 0.4) is 0 Å². The highest BCUT2D eigenvalue weighted by atomic mass is 35.5. The Bertz CT molecular complexity index is 1840. The SMILES string of the molecule is CC(=O)[C@@H]1[C@H]2c3ccccc3O[C@]1(C)N=c1s/c(=C/c3ccc(COc4ccc(Cl)cc4[N+](=O)[O-])o3)c(=O)n12. The van der Waals surface area contributed by atoms with E-state index in [-0.39, 0.29) is 34.4 Å². The van der Waals surface area contributed by atoms with Crippen molar-refractivity contribution in [2.75, 3.05) is 0 Å². The molecule has 0 unspecified atom stereocenters. The van der Waals surface area contributed by atoms with Crippen molar-refractivity contribution < 1.29 is 23.6 Å². The lowest BCUT2D eigenvalue weighted by atomic mass is 9.79. The van der Waals surface area contributed by atoms with Gasteiger partial charge >= 0.3 is 5.69 Å². The summed E-state index contributed by atoms with van der Waals surface area (Å²) < 4.78 is 19.5. The van der Waals surface area contributed by atoms with Crippen molar-refractivity contribution in [3.8, 4) is 11.5 Å². The number of furan rings is 1. The fraction of sp³-hybridized carbons (Fsp3) is 0.222. The topological polar surface area (TPSA) is 126 Å². The first kappa shape index (κ1) is 25.1. The number of aromatic nitrogens is 1. The number of ketones is 1. The summed E-state index contributed by atoms with van der Waals surface area (Å²) in [5, 5.41) is 11.5. The van der Waals surface area contributed by atoms with E-state index >= 15 is 0 Å². The van der Waals surface area contributed by atoms with Gasteiger partial charge in [-0.1, -0.05) is 41.1 Å². The third-order valence-corrected chi connectivity index (χ3v) is 7.98. The van der Waals surface area contributed by atoms with Crippen molar-refractivity contribution in [3.63, 3.8) is 0 Å². The zero-order chi connectivity index (χ0) is 27.5. The Morgan fingerprint density at radius 2 is 2.08 bits per heavy atom. The Morgan fingerprint density at radius 1 is 1.28 bits per heavy atom. The van der Waals surface area contributed by atoms with E-state index in [0.717, 1.165) is 5.56 Å². The Balaban J connectivity index is 1.35. The van der Waals surface area contributed by atoms with E-state index in [1.54, 1.807) is 29.7 Å². The fourth-order valence-electron chi connectivity index (χ4n) is 5.14. The molecule has 0 saturated carbocycles. The summed E-state index contributed by atoms with van der Waals surface area (Å²) in [6.07, 6.45) is 1.60. The molecule has 6 rings (SSSR count). The normalized spacial score (nSPS) is 21.4. The number of benzene rings is 2. The van der Waals surface area contributed by atoms with Gasteiger partial charge in [-0.25, -0.2) is 4.99 Å². The van der Waals surface area contributed by atoms with E-state index in [1.165, 1.54) is 36.5 Å². The number of halogens is 1. The minimum Gasteiger partial charge on any atom is -0.479 e. The molecule has 0 saturated heterocycles. The number of ether oxygens (including phenoxy) is 2. The zero-order valence-electron chi connectivity index (χ0n) is 20.6. The average molecular weight is 566 g/mol. The number of carbonyl (C=O) groups is 1. The van der Waals surface area contributed by atoms with Gasteiger partial charge in [-0.3, -0.25) is 24.3 Å². The number of hydrogen-bond donors (Lipinski definition) is 0. The second-order valence-electron chi connectivity index (χ2n) is 9.37. The summed E-state index contributed by atoms with van der Waals surface area (Å²) >= 11 is 7.04. The lowest BCUT2D eigenvalue weighted by Gasteiger charge is -2.45. The third-order valence-electron chi connectivity index (χ3n) is 6.76. The van der Waals surface area contributed by atoms with Gasteiger partial charge in [0.1, 0.15) is 35.6 Å². The van der Waals surface area contributed by atoms with Crippen LogP contribution in [0.25, 0.3) is 6.08 Å². The maximum atomic E-state index is 13.6. The van der Waals surface area contributed by atoms with E-state index in [2.05, 4.69) is 0 Å². The monoisotopic (exact) mass is 565 g/mol. The molecule has 0 aliphatic carbocycles. The van der Waals surface area contributed by atoms with Crippen LogP contribution in [0.15, 0.2) is 68.8 Å². The van der Waals surface area contributed by atoms with Crippen molar-refractivity contribution in [2.24, 2.45) is 10.9 Å². The van der Waals surface area contributed by atoms with Gasteiger partial charge < -0.3 is 13.9 Å². The van der Waals surface area contributed by atoms with Crippen LogP contribution in [0.1, 0.15) is 37.0 Å². The van der Waals surface area contributed by atoms with Crippen molar-refractivity contribution in [2.45, 2.75) is 32.2 Å². The van der Waals surface area contributed by atoms with Crippen LogP contribution in [0.4, 0.5) is 5.69 Å². The van der Waals surface area contributed by atoms with Gasteiger partial charge in [-0.2, -0.15) is 0 Å². The fourth-order valence-corrected chi connectivity index (χ4v) is 6.38. The number of nitrogens with zero attached hydrogens (tertiary/aromatic N) is 3. The van der Waals surface area contributed by atoms with E-state index in [4.69, 9.17) is 30.5 Å². The highest BCUT2D eigenvalue weighted by Gasteiger charge is 2.53. The van der Waals surface area contributed by atoms with Crippen molar-refractivity contribution in [1.29, 1.82) is 0 Å². The van der Waals surface area contributed by atoms with E-state index in [0.29, 0.717) is 26.6 Å². The molecule has 0 radical (unpaired) electrons. The molecule has 198 valence electrons. The van der Waals surface area contributed by atoms with Crippen molar-refractivity contribution in [1.82, 2.24) is 4.57 Å². The molecule has 12 heteroatoms. The average Bonchev–Trinajstić information content (AvgIpc) is 3.45. The molecule has 3 atom stereocenters. The number of para-hydroxylation sites is 1. The van der Waals surface area contributed by atoms with Gasteiger partial charge in [0.05, 0.1) is 15.5 Å². The molecule has 0 spiro atoms. The number of Topliss-reactive ketones (excluding diaryl/α,β-unsaturated/α-hetero) is 1. The largest absolute Gasteiger partial charge is 0.479 e. The number of fused-ring (bicyclic) bond motifs is 6. The smallest absolute Gasteiger partial charge is 0.312 e. The van der Waals surface area contributed by atoms with E-state index in [9.17, 15) is 19.7 Å². The molecule has 10 nitrogen and oxygen atoms in total. The van der Waals surface area contributed by atoms with Crippen LogP contribution in [0, 0.1) is 16.0 Å². The molecule has 4 heterocycles. The molecule has 39 heavy (non-hydrogen) atoms. The van der Waals surface area contributed by atoms with Crippen LogP contribution in [0.2, 0.25) is 5.02 Å². The van der Waals surface area contributed by atoms with Gasteiger partial charge in [-0.05, 0) is 44.2 Å². The zero-order valence-corrected chi connectivity index (χ0v) is 22.2. The molecule has 2 aromatic heterocycles. The van der Waals surface area contributed by atoms with Crippen LogP contribution in [0.5, 0.6) is 11.5 Å². The van der Waals surface area contributed by atoms with Gasteiger partial charge in [0.25, 0.3) is 5.56 Å². The summed E-state index contributed by atoms with van der Waals surface area (Å²) in [5.74, 6) is 0.663. The molecule has 0 N–H and O–H groups in total. The molecule has 2 bridgehead atoms. The first-order chi connectivity index (χ1) is 18.6. The first-order valence-corrected chi connectivity index (χ1v) is 13.1. The summed E-state index contributed by atoms with van der Waals surface area (Å²) in [6, 6.07) is 14.3.